The number of hydrogen-bond acceptors (Lipinski definition) is 17. The summed E-state index contributed by atoms with van der Waals surface area (Å²) in [5.74, 6) is 0.990. The Morgan fingerprint density at radius 2 is 0.841 bits per heavy atom. The van der Waals surface area contributed by atoms with Crippen LogP contribution in [0.5, 0.6) is 17.2 Å². The molecule has 6 aromatic heterocycles. The van der Waals surface area contributed by atoms with Gasteiger partial charge in [0.2, 0.25) is 0 Å². The van der Waals surface area contributed by atoms with E-state index in [1.54, 1.807) is 12.1 Å². The molecule has 4 aliphatic heterocycles. The predicted octanol–water partition coefficient (Wildman–Crippen LogP) is 22.8. The number of halogens is 3. The zero-order valence-corrected chi connectivity index (χ0v) is 91.6. The van der Waals surface area contributed by atoms with Crippen molar-refractivity contribution in [2.75, 3.05) is 92.9 Å². The van der Waals surface area contributed by atoms with Crippen LogP contribution in [0.3, 0.4) is 0 Å². The summed E-state index contributed by atoms with van der Waals surface area (Å²) in [6.45, 7) is 47.5. The molecule has 0 spiro atoms. The van der Waals surface area contributed by atoms with Crippen LogP contribution in [0.2, 0.25) is 103 Å². The number of benzene rings is 8. The number of urea groups is 2. The summed E-state index contributed by atoms with van der Waals surface area (Å²) in [4.78, 5) is 57.3. The quantitative estimate of drug-likeness (QED) is 0.0246. The normalized spacial score (nSPS) is 14.8. The highest BCUT2D eigenvalue weighted by Gasteiger charge is 2.38. The Hall–Kier alpha value is -11.8. The van der Waals surface area contributed by atoms with Gasteiger partial charge in [-0.3, -0.25) is 5.10 Å². The summed E-state index contributed by atoms with van der Waals surface area (Å²) in [5, 5.41) is 30.5. The van der Waals surface area contributed by atoms with Crippen molar-refractivity contribution >= 4 is 77.1 Å². The lowest BCUT2D eigenvalue weighted by Crippen LogP contribution is -2.50. The van der Waals surface area contributed by atoms with Crippen molar-refractivity contribution < 1.29 is 56.3 Å². The topological polar surface area (TPSA) is 258 Å². The fraction of sp³-hybridized carbons (Fsp3) is 0.441. The van der Waals surface area contributed by atoms with Crippen molar-refractivity contribution in [3.05, 3.63) is 231 Å². The van der Waals surface area contributed by atoms with Gasteiger partial charge in [0.15, 0.2) is 52.2 Å². The second kappa shape index (κ2) is 45.2. The Bertz CT molecular complexity index is 6900. The summed E-state index contributed by atoms with van der Waals surface area (Å²) in [7, 11) is -0.944. The molecule has 8 aromatic carbocycles. The molecule has 34 heteroatoms. The number of nitrogens with zero attached hydrogens (tertiary/aromatic N) is 16. The Morgan fingerprint density at radius 1 is 0.421 bits per heavy atom. The van der Waals surface area contributed by atoms with E-state index in [-0.39, 0.29) is 41.9 Å². The van der Waals surface area contributed by atoms with Crippen molar-refractivity contribution in [3.63, 3.8) is 0 Å². The molecule has 0 radical (unpaired) electrons. The van der Waals surface area contributed by atoms with E-state index in [2.05, 4.69) is 171 Å². The molecule has 5 aliphatic rings. The number of phenols is 1. The van der Waals surface area contributed by atoms with Crippen LogP contribution in [-0.2, 0) is 117 Å². The van der Waals surface area contributed by atoms with Crippen LogP contribution < -0.4 is 9.47 Å². The van der Waals surface area contributed by atoms with Crippen molar-refractivity contribution in [1.29, 1.82) is 0 Å². The molecule has 2 saturated heterocycles. The average Bonchev–Trinajstić information content (AvgIpc) is 1.54. The molecule has 10 heterocycles. The smallest absolute Gasteiger partial charge is 0.320 e. The highest BCUT2D eigenvalue weighted by atomic mass is 28.3. The minimum Gasteiger partial charge on any atom is -0.505 e. The fourth-order valence-electron chi connectivity index (χ4n) is 19.1. The predicted molar refractivity (Wildman–Crippen MR) is 579 cm³/mol. The number of H-pyrrole nitrogens is 2. The molecule has 1 aliphatic carbocycles. The number of aryl methyl sites for hydroxylation is 4. The summed E-state index contributed by atoms with van der Waals surface area (Å²) >= 11 is 0. The van der Waals surface area contributed by atoms with Gasteiger partial charge in [-0.15, -0.1) is 0 Å². The van der Waals surface area contributed by atoms with Crippen molar-refractivity contribution in [3.8, 4) is 85.2 Å². The van der Waals surface area contributed by atoms with E-state index in [0.29, 0.717) is 110 Å². The van der Waals surface area contributed by atoms with Gasteiger partial charge in [0.1, 0.15) is 57.2 Å². The standard InChI is InChI=1S/C45H62FN7O4Si2.C40H53FN4O3Si2.C26H28FN7O2/c1-9-34-26-42(57-30-33-13-11-10-12-14-33)38(46)27-37(34)35-15-16-36-40(25-35)53(32-56-22-24-59(6,7)8)48-43(36)44-47-39-28-51(45(54)50-19-17-49(2)18-20-50)29-41(39)52(44)31-55-21-23-58(3,4)5;1-8-30-24-38(48-26-29-13-10-9-11-14-29)34(41)25-33(30)31-17-18-32-37(23-31)45(28-47-20-22-50(5,6)7)43-39(32)40-42-35-15-12-16-36(35)44(40)27-46-19-21-49(2,3)4;1-3-15-11-23(35)19(27)12-18(15)16-4-5-17-20(10-16)30-31-24(17)25-28-21-13-34(14-22(21)29-25)26(36)33-8-6-32(2)7-9-33/h10-16,25-27H,9,17-24,28-32H2,1-8H3;9-11,13-14,17-18,23-25H,8,12,15-16,19-22,26-28H2,1-7H3;4-5,10-12,35H,3,6-9,13-14H2,1-2H3,(H,28,29)(H,30,31). The molecule has 14 aromatic rings. The van der Waals surface area contributed by atoms with E-state index >= 15 is 8.78 Å². The van der Waals surface area contributed by atoms with E-state index in [4.69, 9.17) is 53.6 Å². The van der Waals surface area contributed by atoms with Crippen molar-refractivity contribution in [2.24, 2.45) is 0 Å². The van der Waals surface area contributed by atoms with Gasteiger partial charge < -0.3 is 77.0 Å². The summed E-state index contributed by atoms with van der Waals surface area (Å²) in [5.41, 5.74) is 20.9. The summed E-state index contributed by atoms with van der Waals surface area (Å²) < 4.78 is 90.9. The van der Waals surface area contributed by atoms with Crippen LogP contribution in [0, 0.1) is 17.5 Å². The molecule has 145 heavy (non-hydrogen) atoms. The molecule has 3 N–H and O–H groups in total. The number of aromatic nitrogens is 12. The molecule has 768 valence electrons. The number of likely N-dealkylation sites (N-methyl/N-ethyl adjacent to an activating group) is 2. The van der Waals surface area contributed by atoms with E-state index < -0.39 is 43.9 Å². The SMILES string of the molecule is CCc1cc(O)c(F)cc1-c1ccc2c(-c3nc4c([nH]3)CN(C(=O)N3CCN(C)CC3)C4)n[nH]c2c1.CCc1cc(OCc2ccccc2)c(F)cc1-c1ccc2c(-c3nc4c(n3COCC[Si](C)(C)C)CCC4)nn(COCC[Si](C)(C)C)c2c1.CCc1cc(OCc2ccccc2)c(F)cc1-c1ccc2c(-c3nc4c(n3COCC[Si](C)(C)C)CN(C(=O)N3CCN(C)CC3)C4)nn(COCC[Si](C)(C)C)c2c1. The number of piperazine rings is 2. The molecular formula is C111H143F3N18O9Si4. The van der Waals surface area contributed by atoms with E-state index in [1.807, 2.05) is 133 Å². The molecule has 0 saturated carbocycles. The van der Waals surface area contributed by atoms with Crippen LogP contribution in [-0.4, -0.2) is 231 Å². The van der Waals surface area contributed by atoms with E-state index in [9.17, 15) is 19.1 Å². The minimum atomic E-state index is -1.32. The maximum atomic E-state index is 15.8. The highest BCUT2D eigenvalue weighted by Crippen LogP contribution is 2.43. The Kier molecular flexibility index (Phi) is 32.6. The maximum Gasteiger partial charge on any atom is 0.320 e. The van der Waals surface area contributed by atoms with Crippen LogP contribution in [0.4, 0.5) is 22.8 Å². The molecule has 19 rings (SSSR count). The molecule has 0 atom stereocenters. The monoisotopic (exact) mass is 2040 g/mol. The fourth-order valence-corrected chi connectivity index (χ4v) is 22.2. The Labute approximate surface area is 853 Å². The molecular weight excluding hydrogens is 1900 g/mol. The van der Waals surface area contributed by atoms with Crippen molar-refractivity contribution in [2.45, 2.75) is 228 Å². The third-order valence-corrected chi connectivity index (χ3v) is 34.9. The number of amides is 4. The number of hydrogen-bond donors (Lipinski definition) is 3. The number of nitrogens with one attached hydrogen (secondary N) is 2. The number of ether oxygens (including phenoxy) is 6. The van der Waals surface area contributed by atoms with Gasteiger partial charge in [-0.25, -0.2) is 47.1 Å². The number of carbonyl (C=O) groups is 2. The maximum absolute atomic E-state index is 15.8. The van der Waals surface area contributed by atoms with E-state index in [1.165, 1.54) is 17.8 Å². The number of fused-ring (bicyclic) bond motifs is 6. The van der Waals surface area contributed by atoms with Gasteiger partial charge in [0.05, 0.1) is 71.2 Å². The zero-order chi connectivity index (χ0) is 102. The number of carbonyl (C=O) groups excluding carboxylic acids is 2. The molecule has 4 amide bonds. The van der Waals surface area contributed by atoms with Crippen LogP contribution in [0.15, 0.2) is 152 Å². The van der Waals surface area contributed by atoms with Crippen LogP contribution >= 0.6 is 0 Å². The second-order valence-corrected chi connectivity index (χ2v) is 66.6. The molecule has 0 unspecified atom stereocenters. The number of aromatic amines is 2. The first-order valence-electron chi connectivity index (χ1n) is 51.5. The van der Waals surface area contributed by atoms with E-state index in [0.717, 1.165) is 248 Å². The first-order valence-corrected chi connectivity index (χ1v) is 66.3. The van der Waals surface area contributed by atoms with Gasteiger partial charge in [-0.1, -0.05) is 178 Å². The Balaban J connectivity index is 0.000000153. The lowest BCUT2D eigenvalue weighted by atomic mass is 9.96. The van der Waals surface area contributed by atoms with Crippen LogP contribution in [0.1, 0.15) is 89.2 Å². The van der Waals surface area contributed by atoms with Crippen molar-refractivity contribution in [1.82, 2.24) is 88.2 Å². The highest BCUT2D eigenvalue weighted by molar-refractivity contribution is 6.77. The lowest BCUT2D eigenvalue weighted by molar-refractivity contribution is 0.0812. The molecule has 0 bridgehead atoms. The van der Waals surface area contributed by atoms with Gasteiger partial charge in [-0.05, 0) is 211 Å². The number of phenolic OH excluding ortho intramolecular Hbond substituents is 1. The first kappa shape index (κ1) is 105. The second-order valence-electron chi connectivity index (χ2n) is 44.1. The van der Waals surface area contributed by atoms with Gasteiger partial charge >= 0.3 is 12.1 Å². The lowest BCUT2D eigenvalue weighted by Gasteiger charge is -2.34. The first-order chi connectivity index (χ1) is 69.5. The average molecular weight is 2040 g/mol. The number of imidazole rings is 3. The zero-order valence-electron chi connectivity index (χ0n) is 87.6. The summed E-state index contributed by atoms with van der Waals surface area (Å²) in [6, 6.07) is 52.1. The molecule has 2 fully saturated rings. The number of rotatable bonds is 35. The van der Waals surface area contributed by atoms with Gasteiger partial charge in [0.25, 0.3) is 0 Å². The third-order valence-electron chi connectivity index (χ3n) is 28.1. The minimum absolute atomic E-state index is 0.0558. The number of aromatic hydroxyl groups is 1. The third kappa shape index (κ3) is 25.2. The molecule has 27 nitrogen and oxygen atoms in total. The van der Waals surface area contributed by atoms with Gasteiger partial charge in [-0.2, -0.15) is 15.3 Å². The van der Waals surface area contributed by atoms with Crippen LogP contribution in [0.25, 0.3) is 101 Å². The van der Waals surface area contributed by atoms with Gasteiger partial charge in [0, 0.05) is 133 Å². The largest absolute Gasteiger partial charge is 0.505 e. The summed E-state index contributed by atoms with van der Waals surface area (Å²) in [6.07, 6.45) is 5.20. The Morgan fingerprint density at radius 3 is 1.30 bits per heavy atom.